The molecule has 4 rings (SSSR count). The lowest BCUT2D eigenvalue weighted by Crippen LogP contribution is -2.49. The topological polar surface area (TPSA) is 100 Å². The number of pyridine rings is 2. The zero-order valence-electron chi connectivity index (χ0n) is 19.6. The summed E-state index contributed by atoms with van der Waals surface area (Å²) >= 11 is 0. The van der Waals surface area contributed by atoms with Crippen LogP contribution >= 0.6 is 0 Å². The first-order valence-electron chi connectivity index (χ1n) is 11.2. The van der Waals surface area contributed by atoms with Gasteiger partial charge in [-0.15, -0.1) is 0 Å². The molecule has 2 fully saturated rings. The molecule has 1 saturated heterocycles. The van der Waals surface area contributed by atoms with Gasteiger partial charge >= 0.3 is 12.1 Å². The molecule has 1 aliphatic carbocycles. The van der Waals surface area contributed by atoms with Gasteiger partial charge in [0, 0.05) is 13.1 Å². The van der Waals surface area contributed by atoms with Gasteiger partial charge < -0.3 is 20.1 Å². The molecule has 2 aromatic rings. The van der Waals surface area contributed by atoms with Gasteiger partial charge in [-0.05, 0) is 77.0 Å². The van der Waals surface area contributed by atoms with Crippen molar-refractivity contribution in [3.63, 3.8) is 0 Å². The van der Waals surface area contributed by atoms with Crippen molar-refractivity contribution < 1.29 is 23.8 Å². The first-order chi connectivity index (χ1) is 15.3. The highest BCUT2D eigenvalue weighted by Crippen LogP contribution is 2.44. The number of alkyl carbamates (subject to hydrolysis) is 1. The quantitative estimate of drug-likeness (QED) is 0.721. The van der Waals surface area contributed by atoms with Crippen LogP contribution in [0.25, 0.3) is 5.52 Å². The van der Waals surface area contributed by atoms with Crippen LogP contribution in [-0.2, 0) is 4.74 Å². The molecule has 1 aliphatic heterocycles. The van der Waals surface area contributed by atoms with Gasteiger partial charge in [0.05, 0.1) is 22.9 Å². The summed E-state index contributed by atoms with van der Waals surface area (Å²) < 4.78 is 21.9. The lowest BCUT2D eigenvalue weighted by atomic mass is 10.0. The summed E-state index contributed by atoms with van der Waals surface area (Å²) in [5, 5.41) is 12.4. The molecular weight excluding hydrogens is 429 g/mol. The molecule has 2 N–H and O–H groups in total. The molecule has 0 bridgehead atoms. The van der Waals surface area contributed by atoms with Crippen LogP contribution in [0.1, 0.15) is 74.4 Å². The third kappa shape index (κ3) is 4.41. The normalized spacial score (nSPS) is 20.8. The van der Waals surface area contributed by atoms with E-state index in [0.29, 0.717) is 36.3 Å². The zero-order valence-corrected chi connectivity index (χ0v) is 19.6. The Labute approximate surface area is 191 Å². The molecular formula is C24H30FN3O5. The average Bonchev–Trinajstić information content (AvgIpc) is 3.44. The number of carbonyl (C=O) groups excluding carboxylic acids is 1. The van der Waals surface area contributed by atoms with Crippen LogP contribution in [0.4, 0.5) is 14.9 Å². The van der Waals surface area contributed by atoms with E-state index in [1.807, 2.05) is 11.8 Å². The van der Waals surface area contributed by atoms with Crippen LogP contribution in [0, 0.1) is 12.7 Å². The molecule has 0 radical (unpaired) electrons. The standard InChI is InChI=1S/C24H30FN3O5/c1-13-18-15(14-6-7-14)10-16(21(30)31)20(29)28(18)11-17(25)19(13)27-9-8-24(5,12-27)26-22(32)33-23(2,3)4/h10-11,14H,6-9,12H2,1-5H3,(H,26,32)(H,30,31). The largest absolute Gasteiger partial charge is 0.477 e. The van der Waals surface area contributed by atoms with Crippen LogP contribution < -0.4 is 15.8 Å². The number of amides is 1. The van der Waals surface area contributed by atoms with Crippen LogP contribution in [0.5, 0.6) is 0 Å². The number of hydrogen-bond donors (Lipinski definition) is 2. The first-order valence-corrected chi connectivity index (χ1v) is 11.2. The van der Waals surface area contributed by atoms with Crippen molar-refractivity contribution in [1.82, 2.24) is 9.72 Å². The molecule has 9 heteroatoms. The van der Waals surface area contributed by atoms with Crippen molar-refractivity contribution in [3.8, 4) is 0 Å². The van der Waals surface area contributed by atoms with E-state index in [-0.39, 0.29) is 11.5 Å². The summed E-state index contributed by atoms with van der Waals surface area (Å²) in [6.45, 7) is 9.91. The zero-order chi connectivity index (χ0) is 24.3. The number of anilines is 1. The maximum atomic E-state index is 15.4. The molecule has 1 amide bonds. The first kappa shape index (κ1) is 23.1. The number of aromatic carboxylic acids is 1. The highest BCUT2D eigenvalue weighted by molar-refractivity contribution is 5.89. The molecule has 2 aromatic heterocycles. The smallest absolute Gasteiger partial charge is 0.408 e. The molecule has 178 valence electrons. The Bertz CT molecular complexity index is 1210. The summed E-state index contributed by atoms with van der Waals surface area (Å²) in [7, 11) is 0. The van der Waals surface area contributed by atoms with Crippen molar-refractivity contribution >= 4 is 23.3 Å². The number of halogens is 1. The minimum atomic E-state index is -1.32. The molecule has 1 saturated carbocycles. The van der Waals surface area contributed by atoms with Crippen LogP contribution in [0.15, 0.2) is 17.1 Å². The van der Waals surface area contributed by atoms with Crippen molar-refractivity contribution in [1.29, 1.82) is 0 Å². The minimum absolute atomic E-state index is 0.161. The van der Waals surface area contributed by atoms with Crippen molar-refractivity contribution in [3.05, 3.63) is 45.1 Å². The second-order valence-electron chi connectivity index (χ2n) is 10.4. The summed E-state index contributed by atoms with van der Waals surface area (Å²) in [4.78, 5) is 38.6. The van der Waals surface area contributed by atoms with E-state index in [9.17, 15) is 19.5 Å². The minimum Gasteiger partial charge on any atom is -0.477 e. The Kier molecular flexibility index (Phi) is 5.41. The van der Waals surface area contributed by atoms with Gasteiger partial charge in [0.2, 0.25) is 0 Å². The predicted molar refractivity (Wildman–Crippen MR) is 122 cm³/mol. The van der Waals surface area contributed by atoms with Crippen molar-refractivity contribution in [2.45, 2.75) is 70.9 Å². The van der Waals surface area contributed by atoms with E-state index in [1.54, 1.807) is 27.7 Å². The third-order valence-corrected chi connectivity index (χ3v) is 6.28. The number of nitrogens with one attached hydrogen (secondary N) is 1. The number of aryl methyl sites for hydroxylation is 1. The number of rotatable bonds is 4. The van der Waals surface area contributed by atoms with Crippen LogP contribution in [0.2, 0.25) is 0 Å². The lowest BCUT2D eigenvalue weighted by Gasteiger charge is -2.29. The molecule has 8 nitrogen and oxygen atoms in total. The fourth-order valence-corrected chi connectivity index (χ4v) is 4.69. The van der Waals surface area contributed by atoms with Crippen molar-refractivity contribution in [2.75, 3.05) is 18.0 Å². The Balaban J connectivity index is 1.73. The number of carbonyl (C=O) groups is 2. The highest BCUT2D eigenvalue weighted by Gasteiger charge is 2.39. The Hall–Kier alpha value is -3.10. The summed E-state index contributed by atoms with van der Waals surface area (Å²) in [5.74, 6) is -1.76. The molecule has 0 aromatic carbocycles. The molecule has 1 unspecified atom stereocenters. The van der Waals surface area contributed by atoms with E-state index >= 15 is 4.39 Å². The van der Waals surface area contributed by atoms with Gasteiger partial charge in [0.25, 0.3) is 5.56 Å². The Morgan fingerprint density at radius 1 is 1.30 bits per heavy atom. The SMILES string of the molecule is Cc1c(N2CCC(C)(NC(=O)OC(C)(C)C)C2)c(F)cn2c(=O)c(C(=O)O)cc(C3CC3)c12. The summed E-state index contributed by atoms with van der Waals surface area (Å²) in [5.41, 5.74) is -0.0381. The van der Waals surface area contributed by atoms with Crippen LogP contribution in [0.3, 0.4) is 0 Å². The number of fused-ring (bicyclic) bond motifs is 1. The van der Waals surface area contributed by atoms with E-state index in [2.05, 4.69) is 5.32 Å². The van der Waals surface area contributed by atoms with Gasteiger partial charge in [-0.3, -0.25) is 9.20 Å². The third-order valence-electron chi connectivity index (χ3n) is 6.28. The van der Waals surface area contributed by atoms with E-state index in [0.717, 1.165) is 29.0 Å². The molecule has 33 heavy (non-hydrogen) atoms. The molecule has 1 atom stereocenters. The Morgan fingerprint density at radius 2 is 1.97 bits per heavy atom. The van der Waals surface area contributed by atoms with Gasteiger partial charge in [0.15, 0.2) is 5.82 Å². The maximum absolute atomic E-state index is 15.4. The Morgan fingerprint density at radius 3 is 2.55 bits per heavy atom. The van der Waals surface area contributed by atoms with Gasteiger partial charge in [0.1, 0.15) is 11.2 Å². The average molecular weight is 460 g/mol. The van der Waals surface area contributed by atoms with Gasteiger partial charge in [-0.2, -0.15) is 0 Å². The fraction of sp³-hybridized carbons (Fsp3) is 0.542. The highest BCUT2D eigenvalue weighted by atomic mass is 19.1. The van der Waals surface area contributed by atoms with E-state index in [1.165, 1.54) is 6.07 Å². The summed E-state index contributed by atoms with van der Waals surface area (Å²) in [6.07, 6.45) is 2.97. The second kappa shape index (κ2) is 7.74. The number of aromatic nitrogens is 1. The van der Waals surface area contributed by atoms with E-state index in [4.69, 9.17) is 4.74 Å². The number of nitrogens with zero attached hydrogens (tertiary/aromatic N) is 2. The number of ether oxygens (including phenoxy) is 1. The molecule has 0 spiro atoms. The maximum Gasteiger partial charge on any atom is 0.408 e. The van der Waals surface area contributed by atoms with Crippen LogP contribution in [-0.4, -0.2) is 45.8 Å². The fourth-order valence-electron chi connectivity index (χ4n) is 4.69. The number of carboxylic acid groups (broad SMARTS) is 1. The van der Waals surface area contributed by atoms with E-state index < -0.39 is 34.6 Å². The predicted octanol–water partition coefficient (Wildman–Crippen LogP) is 3.82. The number of carboxylic acids is 1. The lowest BCUT2D eigenvalue weighted by molar-refractivity contribution is 0.0473. The monoisotopic (exact) mass is 459 g/mol. The molecule has 2 aliphatic rings. The summed E-state index contributed by atoms with van der Waals surface area (Å²) in [6, 6.07) is 1.45. The van der Waals surface area contributed by atoms with Gasteiger partial charge in [-0.25, -0.2) is 14.0 Å². The van der Waals surface area contributed by atoms with Crippen molar-refractivity contribution in [2.24, 2.45) is 0 Å². The van der Waals surface area contributed by atoms with Gasteiger partial charge in [-0.1, -0.05) is 0 Å². The second-order valence-corrected chi connectivity index (χ2v) is 10.4. The molecule has 3 heterocycles. The number of hydrogen-bond acceptors (Lipinski definition) is 5.